The summed E-state index contributed by atoms with van der Waals surface area (Å²) in [5, 5.41) is 14.7. The Bertz CT molecular complexity index is 479. The number of rotatable bonds is 9. The Morgan fingerprint density at radius 1 is 1.32 bits per heavy atom. The maximum absolute atomic E-state index is 12.1. The molecule has 6 nitrogen and oxygen atoms in total. The summed E-state index contributed by atoms with van der Waals surface area (Å²) in [6, 6.07) is 6.30. The zero-order valence-electron chi connectivity index (χ0n) is 12.7. The second kappa shape index (κ2) is 10.1. The average molecular weight is 325 g/mol. The molecule has 0 bridgehead atoms. The van der Waals surface area contributed by atoms with E-state index in [0.29, 0.717) is 25.3 Å². The van der Waals surface area contributed by atoms with E-state index in [9.17, 15) is 14.7 Å². The zero-order chi connectivity index (χ0) is 16.4. The maximum Gasteiger partial charge on any atom is 0.243 e. The fourth-order valence-corrected chi connectivity index (χ4v) is 2.63. The Morgan fingerprint density at radius 3 is 2.59 bits per heavy atom. The minimum atomic E-state index is -0.547. The van der Waals surface area contributed by atoms with Crippen LogP contribution in [-0.4, -0.2) is 47.6 Å². The standard InChI is InChI=1S/C15H23N3O3S/c1-11(19)18-14(10-22-9-7-16)15(21)17-8-6-12-2-4-13(20)5-3-12/h2-5,14,20H,6-10,16H2,1H3,(H,17,21)(H,18,19). The summed E-state index contributed by atoms with van der Waals surface area (Å²) in [4.78, 5) is 23.3. The van der Waals surface area contributed by atoms with Gasteiger partial charge in [-0.3, -0.25) is 9.59 Å². The molecule has 2 amide bonds. The summed E-state index contributed by atoms with van der Waals surface area (Å²) in [7, 11) is 0. The lowest BCUT2D eigenvalue weighted by molar-refractivity contribution is -0.127. The van der Waals surface area contributed by atoms with Crippen molar-refractivity contribution in [3.8, 4) is 5.75 Å². The van der Waals surface area contributed by atoms with Crippen molar-refractivity contribution in [1.29, 1.82) is 0 Å². The predicted octanol–water partition coefficient (Wildman–Crippen LogP) is 0.248. The minimum Gasteiger partial charge on any atom is -0.508 e. The molecule has 1 rings (SSSR count). The average Bonchev–Trinajstić information content (AvgIpc) is 2.48. The van der Waals surface area contributed by atoms with Gasteiger partial charge in [-0.1, -0.05) is 12.1 Å². The van der Waals surface area contributed by atoms with Crippen LogP contribution in [0.4, 0.5) is 0 Å². The van der Waals surface area contributed by atoms with Crippen molar-refractivity contribution in [2.75, 3.05) is 24.6 Å². The van der Waals surface area contributed by atoms with E-state index in [0.717, 1.165) is 11.3 Å². The van der Waals surface area contributed by atoms with Gasteiger partial charge in [-0.2, -0.15) is 11.8 Å². The second-order valence-corrected chi connectivity index (χ2v) is 5.97. The van der Waals surface area contributed by atoms with Crippen LogP contribution in [-0.2, 0) is 16.0 Å². The number of aromatic hydroxyl groups is 1. The third-order valence-electron chi connectivity index (χ3n) is 2.89. The summed E-state index contributed by atoms with van der Waals surface area (Å²) < 4.78 is 0. The maximum atomic E-state index is 12.1. The second-order valence-electron chi connectivity index (χ2n) is 4.82. The van der Waals surface area contributed by atoms with Crippen LogP contribution in [0, 0.1) is 0 Å². The van der Waals surface area contributed by atoms with E-state index in [1.807, 2.05) is 12.1 Å². The number of nitrogens with one attached hydrogen (secondary N) is 2. The molecule has 5 N–H and O–H groups in total. The zero-order valence-corrected chi connectivity index (χ0v) is 13.5. The van der Waals surface area contributed by atoms with Gasteiger partial charge in [-0.25, -0.2) is 0 Å². The topological polar surface area (TPSA) is 104 Å². The van der Waals surface area contributed by atoms with Crippen molar-refractivity contribution < 1.29 is 14.7 Å². The SMILES string of the molecule is CC(=O)NC(CSCCN)C(=O)NCCc1ccc(O)cc1. The van der Waals surface area contributed by atoms with Gasteiger partial charge in [0.2, 0.25) is 11.8 Å². The fourth-order valence-electron chi connectivity index (χ4n) is 1.83. The number of benzene rings is 1. The smallest absolute Gasteiger partial charge is 0.243 e. The molecule has 0 saturated heterocycles. The molecule has 1 unspecified atom stereocenters. The van der Waals surface area contributed by atoms with Gasteiger partial charge in [-0.05, 0) is 24.1 Å². The molecular weight excluding hydrogens is 302 g/mol. The number of hydrogen-bond donors (Lipinski definition) is 4. The van der Waals surface area contributed by atoms with Crippen LogP contribution in [0.15, 0.2) is 24.3 Å². The van der Waals surface area contributed by atoms with Crippen LogP contribution in [0.3, 0.4) is 0 Å². The Kier molecular flexibility index (Phi) is 8.39. The van der Waals surface area contributed by atoms with Gasteiger partial charge < -0.3 is 21.5 Å². The number of carbonyl (C=O) groups excluding carboxylic acids is 2. The normalized spacial score (nSPS) is 11.7. The van der Waals surface area contributed by atoms with Gasteiger partial charge >= 0.3 is 0 Å². The number of hydrogen-bond acceptors (Lipinski definition) is 5. The van der Waals surface area contributed by atoms with Gasteiger partial charge in [0.05, 0.1) is 0 Å². The van der Waals surface area contributed by atoms with Crippen LogP contribution >= 0.6 is 11.8 Å². The van der Waals surface area contributed by atoms with Gasteiger partial charge in [0, 0.05) is 31.5 Å². The molecule has 0 saturated carbocycles. The van der Waals surface area contributed by atoms with Crippen molar-refractivity contribution >= 4 is 23.6 Å². The van der Waals surface area contributed by atoms with E-state index in [1.54, 1.807) is 12.1 Å². The molecule has 0 aromatic heterocycles. The number of phenols is 1. The third kappa shape index (κ3) is 7.33. The molecule has 1 aromatic carbocycles. The highest BCUT2D eigenvalue weighted by Gasteiger charge is 2.18. The van der Waals surface area contributed by atoms with E-state index in [2.05, 4.69) is 10.6 Å². The molecule has 122 valence electrons. The summed E-state index contributed by atoms with van der Waals surface area (Å²) in [5.41, 5.74) is 6.44. The van der Waals surface area contributed by atoms with Gasteiger partial charge in [0.25, 0.3) is 0 Å². The van der Waals surface area contributed by atoms with Crippen molar-refractivity contribution in [2.24, 2.45) is 5.73 Å². The van der Waals surface area contributed by atoms with E-state index >= 15 is 0 Å². The van der Waals surface area contributed by atoms with E-state index in [-0.39, 0.29) is 17.6 Å². The van der Waals surface area contributed by atoms with Crippen LogP contribution < -0.4 is 16.4 Å². The molecule has 1 atom stereocenters. The molecule has 22 heavy (non-hydrogen) atoms. The Morgan fingerprint density at radius 2 is 2.00 bits per heavy atom. The van der Waals surface area contributed by atoms with E-state index in [4.69, 9.17) is 5.73 Å². The molecule has 1 aromatic rings. The number of carbonyl (C=O) groups is 2. The van der Waals surface area contributed by atoms with Gasteiger partial charge in [-0.15, -0.1) is 0 Å². The largest absolute Gasteiger partial charge is 0.508 e. The van der Waals surface area contributed by atoms with Crippen molar-refractivity contribution in [3.63, 3.8) is 0 Å². The first-order chi connectivity index (χ1) is 10.5. The summed E-state index contributed by atoms with van der Waals surface area (Å²) >= 11 is 1.53. The molecule has 7 heteroatoms. The Balaban J connectivity index is 2.40. The van der Waals surface area contributed by atoms with Crippen molar-refractivity contribution in [3.05, 3.63) is 29.8 Å². The van der Waals surface area contributed by atoms with Crippen LogP contribution in [0.2, 0.25) is 0 Å². The summed E-state index contributed by atoms with van der Waals surface area (Å²) in [5.74, 6) is 1.04. The quantitative estimate of drug-likeness (QED) is 0.487. The number of phenolic OH excluding ortho intramolecular Hbond substituents is 1. The van der Waals surface area contributed by atoms with Gasteiger partial charge in [0.1, 0.15) is 11.8 Å². The monoisotopic (exact) mass is 325 g/mol. The Labute approximate surface area is 134 Å². The van der Waals surface area contributed by atoms with Crippen molar-refractivity contribution in [1.82, 2.24) is 10.6 Å². The number of thioether (sulfide) groups is 1. The summed E-state index contributed by atoms with van der Waals surface area (Å²) in [6.07, 6.45) is 0.661. The lowest BCUT2D eigenvalue weighted by Crippen LogP contribution is -2.48. The molecule has 0 aliphatic heterocycles. The lowest BCUT2D eigenvalue weighted by atomic mass is 10.1. The molecule has 0 fully saturated rings. The molecule has 0 aliphatic rings. The van der Waals surface area contributed by atoms with Gasteiger partial charge in [0.15, 0.2) is 0 Å². The predicted molar refractivity (Wildman–Crippen MR) is 88.8 cm³/mol. The third-order valence-corrected chi connectivity index (χ3v) is 3.98. The molecule has 0 aliphatic carbocycles. The molecule has 0 radical (unpaired) electrons. The van der Waals surface area contributed by atoms with E-state index in [1.165, 1.54) is 18.7 Å². The molecule has 0 heterocycles. The highest BCUT2D eigenvalue weighted by atomic mass is 32.2. The number of nitrogens with two attached hydrogens (primary N) is 1. The van der Waals surface area contributed by atoms with Crippen LogP contribution in [0.1, 0.15) is 12.5 Å². The van der Waals surface area contributed by atoms with Crippen LogP contribution in [0.5, 0.6) is 5.75 Å². The number of amides is 2. The van der Waals surface area contributed by atoms with Crippen molar-refractivity contribution in [2.45, 2.75) is 19.4 Å². The highest BCUT2D eigenvalue weighted by molar-refractivity contribution is 7.99. The molecule has 0 spiro atoms. The molecular formula is C15H23N3O3S. The Hall–Kier alpha value is -1.73. The lowest BCUT2D eigenvalue weighted by Gasteiger charge is -2.17. The first kappa shape index (κ1) is 18.3. The van der Waals surface area contributed by atoms with Crippen LogP contribution in [0.25, 0.3) is 0 Å². The van der Waals surface area contributed by atoms with E-state index < -0.39 is 6.04 Å². The first-order valence-electron chi connectivity index (χ1n) is 7.13. The fraction of sp³-hybridized carbons (Fsp3) is 0.467. The highest BCUT2D eigenvalue weighted by Crippen LogP contribution is 2.09. The summed E-state index contributed by atoms with van der Waals surface area (Å²) in [6.45, 7) is 2.41. The first-order valence-corrected chi connectivity index (χ1v) is 8.29. The minimum absolute atomic E-state index is 0.196.